The van der Waals surface area contributed by atoms with Gasteiger partial charge in [-0.05, 0) is 36.2 Å². The van der Waals surface area contributed by atoms with Crippen molar-refractivity contribution in [3.05, 3.63) is 47.1 Å². The summed E-state index contributed by atoms with van der Waals surface area (Å²) in [5.41, 5.74) is 1.02. The van der Waals surface area contributed by atoms with Gasteiger partial charge >= 0.3 is 0 Å². The number of halogens is 1. The number of nitrogens with one attached hydrogen (secondary N) is 2. The number of aromatic nitrogens is 1. The number of aliphatic imine (C=N–C) groups is 1. The Morgan fingerprint density at radius 1 is 1.26 bits per heavy atom. The normalized spacial score (nSPS) is 16.9. The summed E-state index contributed by atoms with van der Waals surface area (Å²) in [6, 6.07) is 10.0. The van der Waals surface area contributed by atoms with Gasteiger partial charge < -0.3 is 25.0 Å². The van der Waals surface area contributed by atoms with Crippen molar-refractivity contribution in [2.75, 3.05) is 45.8 Å². The quantitative estimate of drug-likeness (QED) is 0.502. The molecule has 168 valence electrons. The van der Waals surface area contributed by atoms with E-state index in [1.165, 1.54) is 0 Å². The molecular formula is C23H32ClN5O2. The first-order valence-corrected chi connectivity index (χ1v) is 10.8. The van der Waals surface area contributed by atoms with Gasteiger partial charge in [-0.2, -0.15) is 0 Å². The second-order valence-corrected chi connectivity index (χ2v) is 8.67. The van der Waals surface area contributed by atoms with E-state index < -0.39 is 0 Å². The van der Waals surface area contributed by atoms with Gasteiger partial charge in [-0.1, -0.05) is 31.5 Å². The van der Waals surface area contributed by atoms with Gasteiger partial charge in [0, 0.05) is 44.3 Å². The molecule has 1 unspecified atom stereocenters. The number of rotatable bonds is 7. The van der Waals surface area contributed by atoms with Crippen LogP contribution >= 0.6 is 11.6 Å². The lowest BCUT2D eigenvalue weighted by Crippen LogP contribution is -2.48. The van der Waals surface area contributed by atoms with E-state index in [2.05, 4.69) is 45.4 Å². The van der Waals surface area contributed by atoms with Crippen LogP contribution in [0.25, 0.3) is 0 Å². The van der Waals surface area contributed by atoms with Crippen LogP contribution in [0.1, 0.15) is 25.8 Å². The number of hydrogen-bond donors (Lipinski definition) is 2. The van der Waals surface area contributed by atoms with Gasteiger partial charge in [0.15, 0.2) is 17.5 Å². The van der Waals surface area contributed by atoms with Crippen molar-refractivity contribution in [3.63, 3.8) is 0 Å². The highest BCUT2D eigenvalue weighted by molar-refractivity contribution is 6.32. The fourth-order valence-corrected chi connectivity index (χ4v) is 3.97. The molecule has 1 aromatic carbocycles. The number of ether oxygens (including phenoxy) is 2. The highest BCUT2D eigenvalue weighted by Gasteiger charge is 2.27. The molecule has 31 heavy (non-hydrogen) atoms. The van der Waals surface area contributed by atoms with Crippen LogP contribution in [-0.2, 0) is 5.41 Å². The molecule has 1 aliphatic rings. The molecule has 2 aromatic rings. The molecule has 0 amide bonds. The summed E-state index contributed by atoms with van der Waals surface area (Å²) in [7, 11) is 5.09. The Bertz CT molecular complexity index is 919. The molecule has 1 atom stereocenters. The molecular weight excluding hydrogens is 414 g/mol. The lowest BCUT2D eigenvalue weighted by molar-refractivity contribution is 0.353. The Balaban J connectivity index is 1.59. The van der Waals surface area contributed by atoms with Crippen molar-refractivity contribution in [1.82, 2.24) is 15.6 Å². The first-order valence-electron chi connectivity index (χ1n) is 10.4. The van der Waals surface area contributed by atoms with Gasteiger partial charge in [-0.3, -0.25) is 4.99 Å². The first kappa shape index (κ1) is 23.0. The van der Waals surface area contributed by atoms with E-state index in [9.17, 15) is 0 Å². The lowest BCUT2D eigenvalue weighted by Gasteiger charge is -2.28. The van der Waals surface area contributed by atoms with Crippen molar-refractivity contribution in [2.24, 2.45) is 4.99 Å². The molecule has 0 radical (unpaired) electrons. The summed E-state index contributed by atoms with van der Waals surface area (Å²) in [5, 5.41) is 7.69. The average Bonchev–Trinajstić information content (AvgIpc) is 3.24. The maximum atomic E-state index is 6.31. The average molecular weight is 446 g/mol. The summed E-state index contributed by atoms with van der Waals surface area (Å²) in [4.78, 5) is 11.0. The number of benzene rings is 1. The van der Waals surface area contributed by atoms with Gasteiger partial charge in [0.2, 0.25) is 0 Å². The fraction of sp³-hybridized carbons (Fsp3) is 0.478. The molecule has 0 aliphatic carbocycles. The number of anilines is 1. The predicted molar refractivity (Wildman–Crippen MR) is 127 cm³/mol. The molecule has 8 heteroatoms. The Morgan fingerprint density at radius 2 is 2.03 bits per heavy atom. The van der Waals surface area contributed by atoms with Gasteiger partial charge in [-0.25, -0.2) is 4.98 Å². The van der Waals surface area contributed by atoms with Crippen LogP contribution in [0.5, 0.6) is 11.5 Å². The van der Waals surface area contributed by atoms with E-state index in [1.807, 2.05) is 24.3 Å². The van der Waals surface area contributed by atoms with Gasteiger partial charge in [0.1, 0.15) is 5.82 Å². The number of guanidine groups is 1. The van der Waals surface area contributed by atoms with E-state index in [0.29, 0.717) is 11.6 Å². The molecule has 2 N–H and O–H groups in total. The monoisotopic (exact) mass is 445 g/mol. The summed E-state index contributed by atoms with van der Waals surface area (Å²) < 4.78 is 10.8. The van der Waals surface area contributed by atoms with Crippen molar-refractivity contribution in [3.8, 4) is 11.5 Å². The molecule has 1 fully saturated rings. The molecule has 1 aromatic heterocycles. The molecule has 2 heterocycles. The highest BCUT2D eigenvalue weighted by atomic mass is 35.5. The van der Waals surface area contributed by atoms with Crippen molar-refractivity contribution >= 4 is 23.4 Å². The molecule has 1 saturated heterocycles. The third-order valence-corrected chi connectivity index (χ3v) is 5.95. The SMILES string of the molecule is CN=C(NCC(C)(C)c1ccc(OC)c(OC)c1)NC1CCN(c2ncccc2Cl)C1. The molecule has 7 nitrogen and oxygen atoms in total. The molecule has 0 saturated carbocycles. The fourth-order valence-electron chi connectivity index (χ4n) is 3.73. The van der Waals surface area contributed by atoms with E-state index in [4.69, 9.17) is 21.1 Å². The Labute approximate surface area is 189 Å². The summed E-state index contributed by atoms with van der Waals surface area (Å²) >= 11 is 6.31. The number of pyridine rings is 1. The molecule has 0 bridgehead atoms. The third kappa shape index (κ3) is 5.53. The van der Waals surface area contributed by atoms with Gasteiger partial charge in [-0.15, -0.1) is 0 Å². The zero-order valence-electron chi connectivity index (χ0n) is 18.9. The highest BCUT2D eigenvalue weighted by Crippen LogP contribution is 2.33. The zero-order chi connectivity index (χ0) is 22.4. The van der Waals surface area contributed by atoms with Crippen molar-refractivity contribution in [2.45, 2.75) is 31.7 Å². The predicted octanol–water partition coefficient (Wildman–Crippen LogP) is 3.47. The summed E-state index contributed by atoms with van der Waals surface area (Å²) in [6.07, 6.45) is 2.77. The lowest BCUT2D eigenvalue weighted by atomic mass is 9.84. The van der Waals surface area contributed by atoms with Crippen LogP contribution in [0.3, 0.4) is 0 Å². The Morgan fingerprint density at radius 3 is 2.71 bits per heavy atom. The maximum Gasteiger partial charge on any atom is 0.191 e. The second-order valence-electron chi connectivity index (χ2n) is 8.26. The van der Waals surface area contributed by atoms with Gasteiger partial charge in [0.05, 0.1) is 19.2 Å². The standard InChI is InChI=1S/C23H32ClN5O2/c1-23(2,16-8-9-19(30-4)20(13-16)31-5)15-27-22(25-3)28-17-10-12-29(14-17)21-18(24)7-6-11-26-21/h6-9,11,13,17H,10,12,14-15H2,1-5H3,(H2,25,27,28). The van der Waals surface area contributed by atoms with E-state index in [0.717, 1.165) is 48.4 Å². The smallest absolute Gasteiger partial charge is 0.191 e. The minimum Gasteiger partial charge on any atom is -0.493 e. The summed E-state index contributed by atoms with van der Waals surface area (Å²) in [5.74, 6) is 3.08. The van der Waals surface area contributed by atoms with Crippen LogP contribution in [0.4, 0.5) is 5.82 Å². The maximum absolute atomic E-state index is 6.31. The first-order chi connectivity index (χ1) is 14.9. The molecule has 1 aliphatic heterocycles. The summed E-state index contributed by atoms with van der Waals surface area (Å²) in [6.45, 7) is 6.83. The number of hydrogen-bond acceptors (Lipinski definition) is 5. The Kier molecular flexibility index (Phi) is 7.49. The Hall–Kier alpha value is -2.67. The van der Waals surface area contributed by atoms with Gasteiger partial charge in [0.25, 0.3) is 0 Å². The van der Waals surface area contributed by atoms with Crippen molar-refractivity contribution in [1.29, 1.82) is 0 Å². The second kappa shape index (κ2) is 10.1. The largest absolute Gasteiger partial charge is 0.493 e. The van der Waals surface area contributed by atoms with E-state index in [1.54, 1.807) is 27.5 Å². The molecule has 3 rings (SSSR count). The van der Waals surface area contributed by atoms with Crippen LogP contribution in [0.15, 0.2) is 41.5 Å². The van der Waals surface area contributed by atoms with E-state index in [-0.39, 0.29) is 11.5 Å². The zero-order valence-corrected chi connectivity index (χ0v) is 19.7. The number of methoxy groups -OCH3 is 2. The van der Waals surface area contributed by atoms with Crippen LogP contribution < -0.4 is 25.0 Å². The van der Waals surface area contributed by atoms with Crippen LogP contribution in [0, 0.1) is 0 Å². The number of nitrogens with zero attached hydrogens (tertiary/aromatic N) is 3. The molecule has 0 spiro atoms. The van der Waals surface area contributed by atoms with E-state index >= 15 is 0 Å². The minimum absolute atomic E-state index is 0.139. The topological polar surface area (TPSA) is 71.0 Å². The van der Waals surface area contributed by atoms with Crippen molar-refractivity contribution < 1.29 is 9.47 Å². The third-order valence-electron chi connectivity index (χ3n) is 5.65. The van der Waals surface area contributed by atoms with Crippen LogP contribution in [-0.4, -0.2) is 57.9 Å². The van der Waals surface area contributed by atoms with Crippen LogP contribution in [0.2, 0.25) is 5.02 Å². The minimum atomic E-state index is -0.139.